The summed E-state index contributed by atoms with van der Waals surface area (Å²) in [4.78, 5) is 16.7. The summed E-state index contributed by atoms with van der Waals surface area (Å²) in [5.74, 6) is -2.99. The second-order valence-electron chi connectivity index (χ2n) is 4.43. The average molecular weight is 256 g/mol. The second-order valence-corrected chi connectivity index (χ2v) is 4.43. The molecule has 1 aromatic rings. The van der Waals surface area contributed by atoms with Crippen molar-refractivity contribution in [3.8, 4) is 0 Å². The minimum absolute atomic E-state index is 0.118. The lowest BCUT2D eigenvalue weighted by atomic mass is 10.1. The fourth-order valence-corrected chi connectivity index (χ4v) is 2.10. The molecule has 1 aromatic heterocycles. The molecule has 6 heteroatoms. The van der Waals surface area contributed by atoms with Crippen molar-refractivity contribution in [2.75, 3.05) is 13.1 Å². The van der Waals surface area contributed by atoms with Crippen LogP contribution in [-0.2, 0) is 4.74 Å². The fraction of sp³-hybridized carbons (Fsp3) is 0.500. The zero-order chi connectivity index (χ0) is 13.3. The van der Waals surface area contributed by atoms with Gasteiger partial charge in [0.25, 0.3) is 5.91 Å². The Morgan fingerprint density at radius 1 is 1.39 bits per heavy atom. The molecule has 2 rings (SSSR count). The lowest BCUT2D eigenvalue weighted by Crippen LogP contribution is -2.48. The van der Waals surface area contributed by atoms with Crippen LogP contribution < -0.4 is 0 Å². The highest BCUT2D eigenvalue weighted by molar-refractivity contribution is 5.94. The lowest BCUT2D eigenvalue weighted by molar-refractivity contribution is -0.0587. The number of carbonyl (C=O) groups excluding carboxylic acids is 1. The minimum Gasteiger partial charge on any atom is -0.372 e. The number of carbonyl (C=O) groups is 1. The van der Waals surface area contributed by atoms with Crippen molar-refractivity contribution >= 4 is 5.91 Å². The molecular weight excluding hydrogens is 242 g/mol. The molecule has 0 aliphatic carbocycles. The van der Waals surface area contributed by atoms with Gasteiger partial charge in [-0.25, -0.2) is 9.37 Å². The lowest BCUT2D eigenvalue weighted by Gasteiger charge is -2.35. The number of halogens is 2. The van der Waals surface area contributed by atoms with Crippen molar-refractivity contribution < 1.29 is 18.3 Å². The van der Waals surface area contributed by atoms with Gasteiger partial charge in [0.05, 0.1) is 17.8 Å². The van der Waals surface area contributed by atoms with Gasteiger partial charge < -0.3 is 9.64 Å². The number of aromatic nitrogens is 1. The quantitative estimate of drug-likeness (QED) is 0.717. The zero-order valence-electron chi connectivity index (χ0n) is 10.2. The average Bonchev–Trinajstić information content (AvgIpc) is 2.30. The first kappa shape index (κ1) is 12.9. The highest BCUT2D eigenvalue weighted by Gasteiger charge is 2.28. The van der Waals surface area contributed by atoms with Gasteiger partial charge in [0, 0.05) is 19.3 Å². The summed E-state index contributed by atoms with van der Waals surface area (Å²) in [5.41, 5.74) is -0.288. The summed E-state index contributed by atoms with van der Waals surface area (Å²) >= 11 is 0. The summed E-state index contributed by atoms with van der Waals surface area (Å²) in [6.45, 7) is 4.40. The highest BCUT2D eigenvalue weighted by Crippen LogP contribution is 2.16. The van der Waals surface area contributed by atoms with Crippen molar-refractivity contribution in [1.82, 2.24) is 9.88 Å². The van der Waals surface area contributed by atoms with Gasteiger partial charge in [0.2, 0.25) is 5.95 Å². The van der Waals surface area contributed by atoms with Crippen LogP contribution >= 0.6 is 0 Å². The Kier molecular flexibility index (Phi) is 3.56. The van der Waals surface area contributed by atoms with Crippen LogP contribution in [-0.4, -0.2) is 41.1 Å². The number of morpholine rings is 1. The topological polar surface area (TPSA) is 42.4 Å². The van der Waals surface area contributed by atoms with Gasteiger partial charge >= 0.3 is 0 Å². The van der Waals surface area contributed by atoms with Crippen molar-refractivity contribution in [2.24, 2.45) is 0 Å². The zero-order valence-corrected chi connectivity index (χ0v) is 10.2. The maximum atomic E-state index is 13.5. The molecule has 18 heavy (non-hydrogen) atoms. The smallest absolute Gasteiger partial charge is 0.257 e. The summed E-state index contributed by atoms with van der Waals surface area (Å²) < 4.78 is 31.9. The number of ether oxygens (including phenoxy) is 1. The molecular formula is C12H14F2N2O2. The maximum Gasteiger partial charge on any atom is 0.257 e. The van der Waals surface area contributed by atoms with Crippen LogP contribution in [0.4, 0.5) is 8.78 Å². The minimum atomic E-state index is -1.25. The third kappa shape index (κ3) is 2.48. The van der Waals surface area contributed by atoms with Gasteiger partial charge in [0.1, 0.15) is 0 Å². The van der Waals surface area contributed by atoms with E-state index in [0.29, 0.717) is 13.1 Å². The van der Waals surface area contributed by atoms with Crippen LogP contribution in [0.25, 0.3) is 0 Å². The highest BCUT2D eigenvalue weighted by atomic mass is 19.2. The number of nitrogens with zero attached hydrogens (tertiary/aromatic N) is 2. The van der Waals surface area contributed by atoms with E-state index in [1.54, 1.807) is 0 Å². The largest absolute Gasteiger partial charge is 0.372 e. The number of pyridine rings is 1. The van der Waals surface area contributed by atoms with E-state index in [1.165, 1.54) is 11.0 Å². The van der Waals surface area contributed by atoms with Crippen LogP contribution in [0, 0.1) is 11.8 Å². The molecule has 2 atom stereocenters. The van der Waals surface area contributed by atoms with Crippen LogP contribution in [0.3, 0.4) is 0 Å². The summed E-state index contributed by atoms with van der Waals surface area (Å²) in [5, 5.41) is 0. The summed E-state index contributed by atoms with van der Waals surface area (Å²) in [6.07, 6.45) is 0.846. The molecule has 0 bridgehead atoms. The van der Waals surface area contributed by atoms with Gasteiger partial charge in [-0.15, -0.1) is 0 Å². The Bertz CT molecular complexity index is 457. The van der Waals surface area contributed by atoms with Crippen LogP contribution in [0.1, 0.15) is 24.2 Å². The number of hydrogen-bond donors (Lipinski definition) is 0. The maximum absolute atomic E-state index is 13.5. The molecule has 1 aliphatic rings. The molecule has 2 unspecified atom stereocenters. The Balaban J connectivity index is 2.23. The van der Waals surface area contributed by atoms with E-state index in [2.05, 4.69) is 4.98 Å². The summed E-state index contributed by atoms with van der Waals surface area (Å²) in [6, 6.07) is 1.19. The van der Waals surface area contributed by atoms with Gasteiger partial charge in [0.15, 0.2) is 5.82 Å². The van der Waals surface area contributed by atoms with Crippen LogP contribution in [0.2, 0.25) is 0 Å². The predicted octanol–water partition coefficient (Wildman–Crippen LogP) is 1.61. The normalized spacial score (nSPS) is 24.1. The van der Waals surface area contributed by atoms with Crippen molar-refractivity contribution in [1.29, 1.82) is 0 Å². The molecule has 2 heterocycles. The van der Waals surface area contributed by atoms with Gasteiger partial charge in [-0.2, -0.15) is 4.39 Å². The van der Waals surface area contributed by atoms with Gasteiger partial charge in [-0.1, -0.05) is 0 Å². The third-order valence-electron chi connectivity index (χ3n) is 2.78. The predicted molar refractivity (Wildman–Crippen MR) is 60.1 cm³/mol. The van der Waals surface area contributed by atoms with E-state index in [4.69, 9.17) is 4.74 Å². The van der Waals surface area contributed by atoms with E-state index in [9.17, 15) is 13.6 Å². The fourth-order valence-electron chi connectivity index (χ4n) is 2.10. The first-order valence-corrected chi connectivity index (χ1v) is 5.73. The molecule has 0 radical (unpaired) electrons. The molecule has 4 nitrogen and oxygen atoms in total. The Morgan fingerprint density at radius 2 is 2.00 bits per heavy atom. The Hall–Kier alpha value is -1.56. The van der Waals surface area contributed by atoms with Crippen molar-refractivity contribution in [2.45, 2.75) is 26.1 Å². The molecule has 98 valence electrons. The first-order valence-electron chi connectivity index (χ1n) is 5.73. The second kappa shape index (κ2) is 4.97. The molecule has 0 saturated carbocycles. The SMILES string of the molecule is CC1CN(C(=O)c2ccnc(F)c2F)CC(C)O1. The van der Waals surface area contributed by atoms with Gasteiger partial charge in [-0.05, 0) is 19.9 Å². The van der Waals surface area contributed by atoms with Crippen molar-refractivity contribution in [3.05, 3.63) is 29.6 Å². The molecule has 1 saturated heterocycles. The molecule has 0 spiro atoms. The molecule has 1 amide bonds. The molecule has 1 aliphatic heterocycles. The number of rotatable bonds is 1. The van der Waals surface area contributed by atoms with Crippen molar-refractivity contribution in [3.63, 3.8) is 0 Å². The molecule has 1 fully saturated rings. The monoisotopic (exact) mass is 256 g/mol. The van der Waals surface area contributed by atoms with E-state index >= 15 is 0 Å². The third-order valence-corrected chi connectivity index (χ3v) is 2.78. The van der Waals surface area contributed by atoms with E-state index in [-0.39, 0.29) is 17.8 Å². The van der Waals surface area contributed by atoms with E-state index < -0.39 is 17.7 Å². The molecule has 0 aromatic carbocycles. The van der Waals surface area contributed by atoms with Crippen LogP contribution in [0.5, 0.6) is 0 Å². The van der Waals surface area contributed by atoms with Gasteiger partial charge in [-0.3, -0.25) is 4.79 Å². The Labute approximate surface area is 104 Å². The Morgan fingerprint density at radius 3 is 2.61 bits per heavy atom. The summed E-state index contributed by atoms with van der Waals surface area (Å²) in [7, 11) is 0. The standard InChI is InChI=1S/C12H14F2N2O2/c1-7-5-16(6-8(2)18-7)12(17)9-3-4-15-11(14)10(9)13/h3-4,7-8H,5-6H2,1-2H3. The number of hydrogen-bond acceptors (Lipinski definition) is 3. The van der Waals surface area contributed by atoms with Crippen LogP contribution in [0.15, 0.2) is 12.3 Å². The van der Waals surface area contributed by atoms with E-state index in [0.717, 1.165) is 6.20 Å². The number of amides is 1. The first-order chi connectivity index (χ1) is 8.49. The van der Waals surface area contributed by atoms with E-state index in [1.807, 2.05) is 13.8 Å². The molecule has 0 N–H and O–H groups in total.